The predicted molar refractivity (Wildman–Crippen MR) is 52.0 cm³/mol. The van der Waals surface area contributed by atoms with Gasteiger partial charge in [-0.25, -0.2) is 0 Å². The minimum atomic E-state index is -0.401. The zero-order valence-corrected chi connectivity index (χ0v) is 8.11. The second-order valence-electron chi connectivity index (χ2n) is 2.68. The standard InChI is InChI=1S/C8H18OS.H2O/c1-2-3-4-5-6-7-8(9)10;/h8-10H,2-7H2,1H3;1H2. The number of thiol groups is 1. The summed E-state index contributed by atoms with van der Waals surface area (Å²) in [4.78, 5) is 0. The van der Waals surface area contributed by atoms with Crippen LogP contribution < -0.4 is 0 Å². The highest BCUT2D eigenvalue weighted by molar-refractivity contribution is 7.80. The summed E-state index contributed by atoms with van der Waals surface area (Å²) in [5.41, 5.74) is -0.401. The molecular formula is C8H20O2S. The molecule has 0 bridgehead atoms. The maximum absolute atomic E-state index is 8.77. The van der Waals surface area contributed by atoms with Crippen molar-refractivity contribution in [3.8, 4) is 0 Å². The SMILES string of the molecule is CCCCCCCC(O)S.O. The molecule has 0 aliphatic rings. The van der Waals surface area contributed by atoms with E-state index < -0.39 is 5.44 Å². The van der Waals surface area contributed by atoms with Crippen molar-refractivity contribution in [3.05, 3.63) is 0 Å². The molecule has 2 nitrogen and oxygen atoms in total. The molecule has 1 atom stereocenters. The van der Waals surface area contributed by atoms with Gasteiger partial charge in [0.15, 0.2) is 0 Å². The second kappa shape index (κ2) is 10.3. The molecule has 0 saturated carbocycles. The Bertz CT molecular complexity index is 67.1. The summed E-state index contributed by atoms with van der Waals surface area (Å²) in [7, 11) is 0. The zero-order chi connectivity index (χ0) is 7.82. The first-order chi connectivity index (χ1) is 4.77. The third-order valence-corrected chi connectivity index (χ3v) is 1.82. The third-order valence-electron chi connectivity index (χ3n) is 1.57. The Balaban J connectivity index is 0. The summed E-state index contributed by atoms with van der Waals surface area (Å²) < 4.78 is 0. The lowest BCUT2D eigenvalue weighted by Crippen LogP contribution is -1.94. The quantitative estimate of drug-likeness (QED) is 0.365. The Labute approximate surface area is 74.7 Å². The van der Waals surface area contributed by atoms with E-state index in [-0.39, 0.29) is 5.48 Å². The minimum Gasteiger partial charge on any atom is -0.412 e. The van der Waals surface area contributed by atoms with E-state index in [0.717, 1.165) is 12.8 Å². The molecule has 0 heterocycles. The van der Waals surface area contributed by atoms with Gasteiger partial charge >= 0.3 is 0 Å². The lowest BCUT2D eigenvalue weighted by molar-refractivity contribution is 0.249. The third kappa shape index (κ3) is 13.3. The molecule has 0 aromatic rings. The monoisotopic (exact) mass is 180 g/mol. The van der Waals surface area contributed by atoms with Crippen molar-refractivity contribution in [2.45, 2.75) is 50.9 Å². The van der Waals surface area contributed by atoms with E-state index >= 15 is 0 Å². The molecule has 0 radical (unpaired) electrons. The Hall–Kier alpha value is 0.270. The van der Waals surface area contributed by atoms with E-state index in [1.54, 1.807) is 0 Å². The van der Waals surface area contributed by atoms with Gasteiger partial charge in [0.25, 0.3) is 0 Å². The maximum Gasteiger partial charge on any atom is 0.0964 e. The Kier molecular flexibility index (Phi) is 12.9. The molecule has 1 unspecified atom stereocenters. The van der Waals surface area contributed by atoms with Gasteiger partial charge in [-0.05, 0) is 6.42 Å². The fourth-order valence-corrected chi connectivity index (χ4v) is 1.11. The van der Waals surface area contributed by atoms with Crippen LogP contribution in [-0.2, 0) is 0 Å². The van der Waals surface area contributed by atoms with E-state index in [0.29, 0.717) is 0 Å². The highest BCUT2D eigenvalue weighted by Gasteiger charge is 1.94. The molecule has 0 aromatic carbocycles. The molecule has 3 N–H and O–H groups in total. The van der Waals surface area contributed by atoms with Crippen molar-refractivity contribution in [1.29, 1.82) is 0 Å². The fraction of sp³-hybridized carbons (Fsp3) is 1.00. The second-order valence-corrected chi connectivity index (χ2v) is 3.28. The zero-order valence-electron chi connectivity index (χ0n) is 7.21. The van der Waals surface area contributed by atoms with Crippen molar-refractivity contribution < 1.29 is 10.6 Å². The lowest BCUT2D eigenvalue weighted by Gasteiger charge is -2.01. The molecule has 0 saturated heterocycles. The molecule has 11 heavy (non-hydrogen) atoms. The normalized spacial score (nSPS) is 12.3. The van der Waals surface area contributed by atoms with Crippen molar-refractivity contribution in [2.75, 3.05) is 0 Å². The molecule has 0 amide bonds. The number of aliphatic hydroxyl groups excluding tert-OH is 1. The van der Waals surface area contributed by atoms with Crippen molar-refractivity contribution in [1.82, 2.24) is 0 Å². The topological polar surface area (TPSA) is 51.7 Å². The van der Waals surface area contributed by atoms with Crippen LogP contribution in [0.2, 0.25) is 0 Å². The predicted octanol–water partition coefficient (Wildman–Crippen LogP) is 1.77. The highest BCUT2D eigenvalue weighted by atomic mass is 32.1. The van der Waals surface area contributed by atoms with Gasteiger partial charge in [0, 0.05) is 0 Å². The summed E-state index contributed by atoms with van der Waals surface area (Å²) in [5, 5.41) is 8.77. The first-order valence-electron chi connectivity index (χ1n) is 4.13. The first kappa shape index (κ1) is 13.8. The number of hydrogen-bond donors (Lipinski definition) is 2. The van der Waals surface area contributed by atoms with Crippen LogP contribution >= 0.6 is 12.6 Å². The average molecular weight is 180 g/mol. The average Bonchev–Trinajstić information content (AvgIpc) is 1.87. The minimum absolute atomic E-state index is 0. The summed E-state index contributed by atoms with van der Waals surface area (Å²) in [6.45, 7) is 2.20. The van der Waals surface area contributed by atoms with Crippen LogP contribution in [0.15, 0.2) is 0 Å². The number of aliphatic hydroxyl groups is 1. The van der Waals surface area contributed by atoms with Crippen LogP contribution in [0.25, 0.3) is 0 Å². The maximum atomic E-state index is 8.77. The smallest absolute Gasteiger partial charge is 0.0964 e. The summed E-state index contributed by atoms with van der Waals surface area (Å²) in [6.07, 6.45) is 7.10. The van der Waals surface area contributed by atoms with E-state index in [4.69, 9.17) is 5.11 Å². The van der Waals surface area contributed by atoms with Crippen LogP contribution in [0.4, 0.5) is 0 Å². The van der Waals surface area contributed by atoms with Gasteiger partial charge in [0.2, 0.25) is 0 Å². The molecule has 0 spiro atoms. The van der Waals surface area contributed by atoms with Crippen LogP contribution in [0.5, 0.6) is 0 Å². The number of unbranched alkanes of at least 4 members (excludes halogenated alkanes) is 4. The van der Waals surface area contributed by atoms with Crippen LogP contribution in [-0.4, -0.2) is 16.0 Å². The Morgan fingerprint density at radius 2 is 1.73 bits per heavy atom. The number of hydrogen-bond acceptors (Lipinski definition) is 2. The van der Waals surface area contributed by atoms with E-state index in [9.17, 15) is 0 Å². The van der Waals surface area contributed by atoms with Gasteiger partial charge in [-0.15, -0.1) is 12.6 Å². The Morgan fingerprint density at radius 3 is 2.18 bits per heavy atom. The molecule has 3 heteroatoms. The van der Waals surface area contributed by atoms with Crippen LogP contribution in [0, 0.1) is 0 Å². The molecular weight excluding hydrogens is 160 g/mol. The summed E-state index contributed by atoms with van der Waals surface area (Å²) in [5.74, 6) is 0. The largest absolute Gasteiger partial charge is 0.412 e. The highest BCUT2D eigenvalue weighted by Crippen LogP contribution is 2.08. The molecule has 0 aliphatic heterocycles. The molecule has 0 rings (SSSR count). The molecule has 0 aromatic heterocycles. The number of rotatable bonds is 6. The fourth-order valence-electron chi connectivity index (χ4n) is 0.930. The van der Waals surface area contributed by atoms with Crippen molar-refractivity contribution in [3.63, 3.8) is 0 Å². The van der Waals surface area contributed by atoms with Gasteiger partial charge in [-0.2, -0.15) is 0 Å². The summed E-state index contributed by atoms with van der Waals surface area (Å²) >= 11 is 3.88. The Morgan fingerprint density at radius 1 is 1.18 bits per heavy atom. The van der Waals surface area contributed by atoms with Gasteiger partial charge in [0.1, 0.15) is 0 Å². The van der Waals surface area contributed by atoms with E-state index in [2.05, 4.69) is 19.6 Å². The molecule has 0 fully saturated rings. The first-order valence-corrected chi connectivity index (χ1v) is 4.65. The lowest BCUT2D eigenvalue weighted by atomic mass is 10.1. The van der Waals surface area contributed by atoms with Gasteiger partial charge < -0.3 is 10.6 Å². The van der Waals surface area contributed by atoms with Crippen molar-refractivity contribution in [2.24, 2.45) is 0 Å². The molecule has 0 aliphatic carbocycles. The van der Waals surface area contributed by atoms with Crippen LogP contribution in [0.3, 0.4) is 0 Å². The summed E-state index contributed by atoms with van der Waals surface area (Å²) in [6, 6.07) is 0. The van der Waals surface area contributed by atoms with E-state index in [1.165, 1.54) is 25.7 Å². The van der Waals surface area contributed by atoms with Gasteiger partial charge in [-0.3, -0.25) is 0 Å². The van der Waals surface area contributed by atoms with Gasteiger partial charge in [0.05, 0.1) is 5.44 Å². The van der Waals surface area contributed by atoms with Crippen LogP contribution in [0.1, 0.15) is 45.4 Å². The van der Waals surface area contributed by atoms with E-state index in [1.807, 2.05) is 0 Å². The van der Waals surface area contributed by atoms with Crippen molar-refractivity contribution >= 4 is 12.6 Å². The van der Waals surface area contributed by atoms with Gasteiger partial charge in [-0.1, -0.05) is 39.0 Å². The molecule has 70 valence electrons.